The number of hydrogen-bond donors (Lipinski definition) is 5. The first kappa shape index (κ1) is 15.3. The number of carbonyl (C=O) groups is 2. The van der Waals surface area contributed by atoms with Gasteiger partial charge in [0, 0.05) is 0 Å². The molecule has 0 amide bonds. The largest absolute Gasteiger partial charge is 0.480 e. The van der Waals surface area contributed by atoms with Gasteiger partial charge in [-0.05, 0) is 13.8 Å². The van der Waals surface area contributed by atoms with Crippen LogP contribution in [0.25, 0.3) is 0 Å². The molecule has 0 aromatic heterocycles. The van der Waals surface area contributed by atoms with E-state index in [1.807, 2.05) is 0 Å². The molecule has 0 aliphatic carbocycles. The van der Waals surface area contributed by atoms with Crippen LogP contribution in [-0.2, 0) is 9.59 Å². The number of rotatable bonds is 3. The molecule has 7 nitrogen and oxygen atoms in total. The summed E-state index contributed by atoms with van der Waals surface area (Å²) in [6.07, 6.45) is -0.979. The molecule has 0 heterocycles. The standard InChI is InChI=1S/C4H9NO3.C3H7NO2/c1-2(6)3(5)4(7)8;1-2(4)3(5)6/h2-3,6H,5H2,1H3,(H,7,8);2H,4H2,1H3,(H,5,6)/t2?,3-;2-/m11/s1. The molecule has 0 rings (SSSR count). The van der Waals surface area contributed by atoms with Gasteiger partial charge in [-0.15, -0.1) is 0 Å². The van der Waals surface area contributed by atoms with E-state index in [0.717, 1.165) is 0 Å². The highest BCUT2D eigenvalue weighted by Crippen LogP contribution is 1.85. The van der Waals surface area contributed by atoms with Gasteiger partial charge in [-0.25, -0.2) is 0 Å². The van der Waals surface area contributed by atoms with E-state index in [-0.39, 0.29) is 0 Å². The normalized spacial score (nSPS) is 15.8. The predicted octanol–water partition coefficient (Wildman–Crippen LogP) is -1.80. The first-order valence-corrected chi connectivity index (χ1v) is 3.85. The topological polar surface area (TPSA) is 147 Å². The van der Waals surface area contributed by atoms with Crippen molar-refractivity contribution in [1.82, 2.24) is 0 Å². The van der Waals surface area contributed by atoms with Crippen molar-refractivity contribution in [2.24, 2.45) is 11.5 Å². The molecule has 7 N–H and O–H groups in total. The van der Waals surface area contributed by atoms with Gasteiger partial charge in [0.2, 0.25) is 0 Å². The number of hydrogen-bond acceptors (Lipinski definition) is 5. The van der Waals surface area contributed by atoms with Gasteiger partial charge in [-0.2, -0.15) is 0 Å². The van der Waals surface area contributed by atoms with Crippen LogP contribution >= 0.6 is 0 Å². The molecule has 0 aliphatic rings. The summed E-state index contributed by atoms with van der Waals surface area (Å²) < 4.78 is 0. The van der Waals surface area contributed by atoms with Crippen LogP contribution in [-0.4, -0.2) is 45.4 Å². The summed E-state index contributed by atoms with van der Waals surface area (Å²) in [5.74, 6) is -2.14. The zero-order valence-corrected chi connectivity index (χ0v) is 8.04. The maximum absolute atomic E-state index is 9.86. The van der Waals surface area contributed by atoms with E-state index in [4.69, 9.17) is 26.8 Å². The van der Waals surface area contributed by atoms with E-state index in [1.54, 1.807) is 0 Å². The molecular weight excluding hydrogens is 192 g/mol. The maximum atomic E-state index is 9.86. The summed E-state index contributed by atoms with van der Waals surface area (Å²) in [6, 6.07) is -1.89. The van der Waals surface area contributed by atoms with Gasteiger partial charge in [0.05, 0.1) is 6.10 Å². The minimum Gasteiger partial charge on any atom is -0.480 e. The third-order valence-corrected chi connectivity index (χ3v) is 1.19. The van der Waals surface area contributed by atoms with E-state index >= 15 is 0 Å². The number of aliphatic hydroxyl groups is 1. The number of nitrogens with two attached hydrogens (primary N) is 2. The van der Waals surface area contributed by atoms with Crippen LogP contribution in [0.3, 0.4) is 0 Å². The van der Waals surface area contributed by atoms with Crippen LogP contribution in [0.5, 0.6) is 0 Å². The van der Waals surface area contributed by atoms with E-state index in [0.29, 0.717) is 0 Å². The number of carboxylic acids is 2. The van der Waals surface area contributed by atoms with Gasteiger partial charge in [-0.3, -0.25) is 9.59 Å². The minimum atomic E-state index is -1.18. The zero-order chi connectivity index (χ0) is 11.9. The molecule has 0 aromatic rings. The summed E-state index contributed by atoms with van der Waals surface area (Å²) in [5, 5.41) is 24.4. The van der Waals surface area contributed by atoms with Crippen molar-refractivity contribution in [1.29, 1.82) is 0 Å². The molecule has 0 bridgehead atoms. The lowest BCUT2D eigenvalue weighted by Gasteiger charge is -2.06. The monoisotopic (exact) mass is 208 g/mol. The summed E-state index contributed by atoms with van der Waals surface area (Å²) in [4.78, 5) is 19.4. The molecule has 0 saturated heterocycles. The van der Waals surface area contributed by atoms with Gasteiger partial charge < -0.3 is 26.8 Å². The zero-order valence-electron chi connectivity index (χ0n) is 8.04. The number of carboxylic acid groups (broad SMARTS) is 2. The van der Waals surface area contributed by atoms with E-state index in [9.17, 15) is 9.59 Å². The molecule has 7 heteroatoms. The summed E-state index contributed by atoms with van der Waals surface area (Å²) in [7, 11) is 0. The lowest BCUT2D eigenvalue weighted by molar-refractivity contribution is -0.141. The molecule has 0 aliphatic heterocycles. The SMILES string of the molecule is CC(O)[C@@H](N)C(=O)O.C[C@@H](N)C(=O)O. The van der Waals surface area contributed by atoms with Gasteiger partial charge >= 0.3 is 11.9 Å². The van der Waals surface area contributed by atoms with Gasteiger partial charge in [0.15, 0.2) is 0 Å². The Kier molecular flexibility index (Phi) is 7.92. The fourth-order valence-electron chi connectivity index (χ4n) is 0.206. The maximum Gasteiger partial charge on any atom is 0.323 e. The van der Waals surface area contributed by atoms with Crippen LogP contribution in [0.15, 0.2) is 0 Å². The highest BCUT2D eigenvalue weighted by atomic mass is 16.4. The van der Waals surface area contributed by atoms with Gasteiger partial charge in [0.25, 0.3) is 0 Å². The molecule has 0 fully saturated rings. The molecule has 0 saturated carbocycles. The molecular formula is C7H16N2O5. The fourth-order valence-corrected chi connectivity index (χ4v) is 0.206. The Bertz CT molecular complexity index is 193. The highest BCUT2D eigenvalue weighted by molar-refractivity contribution is 5.73. The van der Waals surface area contributed by atoms with Crippen LogP contribution < -0.4 is 11.5 Å². The Hall–Kier alpha value is -1.18. The average molecular weight is 208 g/mol. The Labute approximate surface area is 81.3 Å². The van der Waals surface area contributed by atoms with Gasteiger partial charge in [0.1, 0.15) is 12.1 Å². The second-order valence-corrected chi connectivity index (χ2v) is 2.73. The van der Waals surface area contributed by atoms with Crippen molar-refractivity contribution in [2.75, 3.05) is 0 Å². The van der Waals surface area contributed by atoms with Crippen molar-refractivity contribution in [3.8, 4) is 0 Å². The van der Waals surface area contributed by atoms with E-state index in [1.165, 1.54) is 13.8 Å². The quantitative estimate of drug-likeness (QED) is 0.367. The molecule has 0 radical (unpaired) electrons. The van der Waals surface area contributed by atoms with Crippen molar-refractivity contribution < 1.29 is 24.9 Å². The third-order valence-electron chi connectivity index (χ3n) is 1.19. The Morgan fingerprint density at radius 2 is 1.36 bits per heavy atom. The van der Waals surface area contributed by atoms with Gasteiger partial charge in [-0.1, -0.05) is 0 Å². The van der Waals surface area contributed by atoms with Crippen molar-refractivity contribution in [2.45, 2.75) is 32.0 Å². The minimum absolute atomic E-state index is 0.731. The van der Waals surface area contributed by atoms with E-state index in [2.05, 4.69) is 0 Å². The Morgan fingerprint density at radius 3 is 1.36 bits per heavy atom. The summed E-state index contributed by atoms with van der Waals surface area (Å²) in [5.41, 5.74) is 9.75. The predicted molar refractivity (Wildman–Crippen MR) is 48.6 cm³/mol. The Balaban J connectivity index is 0. The van der Waals surface area contributed by atoms with Crippen LogP contribution in [0.1, 0.15) is 13.8 Å². The van der Waals surface area contributed by atoms with Crippen LogP contribution in [0.2, 0.25) is 0 Å². The lowest BCUT2D eigenvalue weighted by Crippen LogP contribution is -2.39. The number of aliphatic hydroxyl groups excluding tert-OH is 1. The molecule has 14 heavy (non-hydrogen) atoms. The summed E-state index contributed by atoms with van der Waals surface area (Å²) >= 11 is 0. The smallest absolute Gasteiger partial charge is 0.323 e. The number of aliphatic carboxylic acids is 2. The lowest BCUT2D eigenvalue weighted by atomic mass is 10.2. The molecule has 0 spiro atoms. The first-order chi connectivity index (χ1) is 6.20. The van der Waals surface area contributed by atoms with Crippen molar-refractivity contribution in [3.63, 3.8) is 0 Å². The van der Waals surface area contributed by atoms with Crippen LogP contribution in [0, 0.1) is 0 Å². The van der Waals surface area contributed by atoms with E-state index < -0.39 is 30.1 Å². The third kappa shape index (κ3) is 8.91. The molecule has 84 valence electrons. The molecule has 1 unspecified atom stereocenters. The molecule has 0 aromatic carbocycles. The molecule has 3 atom stereocenters. The van der Waals surface area contributed by atoms with Crippen molar-refractivity contribution in [3.05, 3.63) is 0 Å². The van der Waals surface area contributed by atoms with Crippen LogP contribution in [0.4, 0.5) is 0 Å². The Morgan fingerprint density at radius 1 is 1.07 bits per heavy atom. The summed E-state index contributed by atoms with van der Waals surface area (Å²) in [6.45, 7) is 2.75. The second kappa shape index (κ2) is 7.25. The first-order valence-electron chi connectivity index (χ1n) is 3.85. The average Bonchev–Trinajstić information content (AvgIpc) is 2.03. The highest BCUT2D eigenvalue weighted by Gasteiger charge is 2.16. The van der Waals surface area contributed by atoms with Crippen molar-refractivity contribution >= 4 is 11.9 Å². The second-order valence-electron chi connectivity index (χ2n) is 2.73. The fraction of sp³-hybridized carbons (Fsp3) is 0.714.